The van der Waals surface area contributed by atoms with E-state index in [-0.39, 0.29) is 82.1 Å². The van der Waals surface area contributed by atoms with Gasteiger partial charge in [-0.2, -0.15) is 13.2 Å². The molecule has 2 aromatic carbocycles. The average Bonchev–Trinajstić information content (AvgIpc) is 1.57. The predicted octanol–water partition coefficient (Wildman–Crippen LogP) is 5.67. The molecule has 2 aliphatic carbocycles. The van der Waals surface area contributed by atoms with E-state index >= 15 is 9.59 Å². The summed E-state index contributed by atoms with van der Waals surface area (Å²) in [7, 11) is 8.51. The fraction of sp³-hybridized carbons (Fsp3) is 0.662. The van der Waals surface area contributed by atoms with Gasteiger partial charge < -0.3 is 55.6 Å². The molecule has 94 heavy (non-hydrogen) atoms. The topological polar surface area (TPSA) is 259 Å². The summed E-state index contributed by atoms with van der Waals surface area (Å²) in [6.45, 7) is 11.4. The molecule has 4 N–H and O–H groups in total. The Morgan fingerprint density at radius 3 is 1.78 bits per heavy atom. The maximum absolute atomic E-state index is 15.3. The number of aryl methyl sites for hydroxylation is 2. The first-order chi connectivity index (χ1) is 44.0. The lowest BCUT2D eigenvalue weighted by atomic mass is 9.90. The Bertz CT molecular complexity index is 3080. The van der Waals surface area contributed by atoms with Crippen LogP contribution in [0, 0.1) is 24.7 Å². The first kappa shape index (κ1) is 75.7. The average molecular weight is 1340 g/mol. The van der Waals surface area contributed by atoms with E-state index in [2.05, 4.69) is 21.3 Å². The molecule has 22 nitrogen and oxygen atoms in total. The molecule has 0 bridgehead atoms. The minimum absolute atomic E-state index is 0.0472. The van der Waals surface area contributed by atoms with Crippen molar-refractivity contribution >= 4 is 76.6 Å². The van der Waals surface area contributed by atoms with Gasteiger partial charge in [-0.3, -0.25) is 52.7 Å². The smallest absolute Gasteiger partial charge is 0.351 e. The monoisotopic (exact) mass is 1340 g/mol. The molecule has 0 radical (unpaired) electrons. The molecule has 11 amide bonds. The van der Waals surface area contributed by atoms with Crippen LogP contribution in [-0.2, 0) is 71.8 Å². The lowest BCUT2D eigenvalue weighted by Gasteiger charge is -2.40. The maximum atomic E-state index is 15.3. The Morgan fingerprint density at radius 1 is 0.596 bits per heavy atom. The number of halogens is 4. The van der Waals surface area contributed by atoms with Crippen molar-refractivity contribution in [3.05, 3.63) is 69.7 Å². The Morgan fingerprint density at radius 2 is 1.18 bits per heavy atom. The molecule has 6 rings (SSSR count). The van der Waals surface area contributed by atoms with Crippen molar-refractivity contribution in [2.24, 2.45) is 17.8 Å². The first-order valence-corrected chi connectivity index (χ1v) is 33.4. The van der Waals surface area contributed by atoms with Crippen molar-refractivity contribution in [2.75, 3.05) is 61.9 Å². The van der Waals surface area contributed by atoms with Gasteiger partial charge in [0.2, 0.25) is 65.0 Å². The van der Waals surface area contributed by atoms with Crippen LogP contribution in [0.3, 0.4) is 0 Å². The van der Waals surface area contributed by atoms with Gasteiger partial charge in [-0.05, 0) is 126 Å². The molecule has 2 heterocycles. The van der Waals surface area contributed by atoms with Crippen LogP contribution in [-0.4, -0.2) is 215 Å². The summed E-state index contributed by atoms with van der Waals surface area (Å²) in [6.07, 6.45) is -0.0604. The van der Waals surface area contributed by atoms with Crippen molar-refractivity contribution in [3.8, 4) is 0 Å². The van der Waals surface area contributed by atoms with Gasteiger partial charge in [0.1, 0.15) is 47.8 Å². The van der Waals surface area contributed by atoms with Crippen molar-refractivity contribution in [1.29, 1.82) is 0 Å². The zero-order valence-electron chi connectivity index (χ0n) is 57.0. The number of benzene rings is 2. The second-order valence-corrected chi connectivity index (χ2v) is 27.9. The van der Waals surface area contributed by atoms with Crippen molar-refractivity contribution in [3.63, 3.8) is 0 Å². The molecule has 2 saturated carbocycles. The molecule has 8 atom stereocenters. The summed E-state index contributed by atoms with van der Waals surface area (Å²) in [5, 5.41) is 11.1. The number of likely N-dealkylation sites (N-methyl/N-ethyl adjacent to an activating group) is 6. The highest BCUT2D eigenvalue weighted by Crippen LogP contribution is 2.38. The van der Waals surface area contributed by atoms with Gasteiger partial charge in [0.25, 0.3) is 0 Å². The second-order valence-electron chi connectivity index (χ2n) is 27.5. The van der Waals surface area contributed by atoms with E-state index in [1.807, 2.05) is 46.8 Å². The molecule has 520 valence electrons. The Balaban J connectivity index is 1.39. The molecule has 2 aliphatic heterocycles. The number of carbonyl (C=O) groups is 11. The van der Waals surface area contributed by atoms with E-state index in [4.69, 9.17) is 11.6 Å². The van der Waals surface area contributed by atoms with Crippen LogP contribution in [0.4, 0.5) is 13.2 Å². The molecule has 26 heteroatoms. The lowest BCUT2D eigenvalue weighted by Crippen LogP contribution is -2.64. The largest absolute Gasteiger partial charge is 0.417 e. The number of nitrogens with zero attached hydrogens (tertiary/aromatic N) is 7. The van der Waals surface area contributed by atoms with Gasteiger partial charge in [-0.25, -0.2) is 0 Å². The second kappa shape index (κ2) is 32.9. The lowest BCUT2D eigenvalue weighted by molar-refractivity contribution is -0.150. The quantitative estimate of drug-likeness (QED) is 0.225. The normalized spacial score (nSPS) is 26.0. The number of amides is 11. The summed E-state index contributed by atoms with van der Waals surface area (Å²) in [6, 6.07) is 1.15. The fourth-order valence-electron chi connectivity index (χ4n) is 13.4. The minimum Gasteiger partial charge on any atom is -0.351 e. The van der Waals surface area contributed by atoms with Crippen molar-refractivity contribution in [2.45, 2.75) is 211 Å². The molecule has 2 aromatic rings. The van der Waals surface area contributed by atoms with Crippen LogP contribution >= 0.6 is 11.6 Å². The number of fused-ring (bicyclic) bond motifs is 1. The third-order valence-corrected chi connectivity index (χ3v) is 19.5. The zero-order chi connectivity index (χ0) is 69.8. The molecule has 0 unspecified atom stereocenters. The number of rotatable bonds is 10. The fourth-order valence-corrected chi connectivity index (χ4v) is 13.7. The van der Waals surface area contributed by atoms with Crippen LogP contribution in [0.25, 0.3) is 0 Å². The van der Waals surface area contributed by atoms with E-state index < -0.39 is 149 Å². The van der Waals surface area contributed by atoms with E-state index in [0.29, 0.717) is 43.2 Å². The van der Waals surface area contributed by atoms with E-state index in [0.717, 1.165) is 45.2 Å². The molecule has 0 aromatic heterocycles. The van der Waals surface area contributed by atoms with E-state index in [1.54, 1.807) is 19.1 Å². The van der Waals surface area contributed by atoms with E-state index in [9.17, 15) is 56.3 Å². The molecule has 4 fully saturated rings. The number of nitrogens with one attached hydrogen (secondary N) is 4. The SMILES string of the molecule is Cc1ccc(C[C@H]2C(=O)N(C)[C@H](C)C(=O)N[C@@H](CCc3ccc(C(F)(F)F)c(Cl)c3)C(=O)N3CCC[C@H]3C(=O)NC3(CCCC3)C(=O)N(C)[C@@H](C3CCCC3)C(=O)N[C@H](C)CC(=O)N(C)[C@@H](CC(C)C)C(=O)N[C@@H](CC(C)C)C(=O)N(C)CC(=O)N(C)CC(=O)N2C)cc1. The van der Waals surface area contributed by atoms with E-state index in [1.165, 1.54) is 74.9 Å². The molecular formula is C68H99ClF3N11O11. The van der Waals surface area contributed by atoms with Gasteiger partial charge in [0.05, 0.1) is 23.7 Å². The Labute approximate surface area is 556 Å². The molecule has 4 aliphatic rings. The maximum Gasteiger partial charge on any atom is 0.417 e. The van der Waals surface area contributed by atoms with Crippen LogP contribution in [0.1, 0.15) is 154 Å². The van der Waals surface area contributed by atoms with Gasteiger partial charge >= 0.3 is 6.18 Å². The van der Waals surface area contributed by atoms with Crippen molar-refractivity contribution in [1.82, 2.24) is 55.6 Å². The number of carbonyl (C=O) groups excluding carboxylic acids is 11. The van der Waals surface area contributed by atoms with Crippen LogP contribution < -0.4 is 21.3 Å². The number of hydrogen-bond donors (Lipinski definition) is 4. The van der Waals surface area contributed by atoms with Gasteiger partial charge in [-0.1, -0.05) is 101 Å². The third kappa shape index (κ3) is 19.2. The summed E-state index contributed by atoms with van der Waals surface area (Å²) >= 11 is 6.14. The minimum atomic E-state index is -4.76. The highest BCUT2D eigenvalue weighted by Gasteiger charge is 2.50. The van der Waals surface area contributed by atoms with Gasteiger partial charge in [0.15, 0.2) is 0 Å². The first-order valence-electron chi connectivity index (χ1n) is 33.0. The van der Waals surface area contributed by atoms with Crippen LogP contribution in [0.2, 0.25) is 5.02 Å². The molecular weight excluding hydrogens is 1240 g/mol. The highest BCUT2D eigenvalue weighted by atomic mass is 35.5. The predicted molar refractivity (Wildman–Crippen MR) is 348 cm³/mol. The Hall–Kier alpha value is -7.31. The van der Waals surface area contributed by atoms with Crippen LogP contribution in [0.5, 0.6) is 0 Å². The van der Waals surface area contributed by atoms with Gasteiger partial charge in [-0.15, -0.1) is 0 Å². The standard InChI is InChI=1S/C68H99ClF3N11O11/c1-40(2)33-51-63(91)78(9)38-56(85)77(8)39-57(86)81(12)54(37-46-24-22-42(5)23-25-46)65(93)79(10)44(7)59(87)74-50(29-27-45-26-28-48(49(69)36-45)68(70,71)72)64(92)83-32-18-21-52(83)61(89)76-67(30-16-17-31-67)66(94)82(13)58(47-19-14-15-20-47)62(90)73-43(6)35-55(84)80(11)53(34-41(3)4)60(88)75-51/h22-26,28,36,40-41,43-44,47,50-54,58H,14-21,27,29-35,37-39H2,1-13H3,(H,73,90)(H,74,87)(H,75,88)(H,76,89)/t43-,44-,50+,51+,52+,53+,54+,58+/m1/s1. The van der Waals surface area contributed by atoms with Crippen LogP contribution in [0.15, 0.2) is 42.5 Å². The third-order valence-electron chi connectivity index (χ3n) is 19.2. The highest BCUT2D eigenvalue weighted by molar-refractivity contribution is 6.31. The molecule has 2 saturated heterocycles. The summed E-state index contributed by atoms with van der Waals surface area (Å²) < 4.78 is 41.5. The number of alkyl halides is 3. The summed E-state index contributed by atoms with van der Waals surface area (Å²) in [5.41, 5.74) is -0.700. The zero-order valence-corrected chi connectivity index (χ0v) is 57.7. The Kier molecular flexibility index (Phi) is 26.5. The van der Waals surface area contributed by atoms with Gasteiger partial charge in [0, 0.05) is 67.7 Å². The summed E-state index contributed by atoms with van der Waals surface area (Å²) in [5.74, 6) is -7.45. The number of hydrogen-bond acceptors (Lipinski definition) is 11. The summed E-state index contributed by atoms with van der Waals surface area (Å²) in [4.78, 5) is 170. The van der Waals surface area contributed by atoms with Crippen molar-refractivity contribution < 1.29 is 65.9 Å². The molecule has 1 spiro atoms.